The Morgan fingerprint density at radius 1 is 1.26 bits per heavy atom. The maximum atomic E-state index is 5.73. The Hall–Kier alpha value is -0.943. The van der Waals surface area contributed by atoms with Crippen LogP contribution in [0.3, 0.4) is 0 Å². The molecule has 19 heavy (non-hydrogen) atoms. The average molecular weight is 278 g/mol. The topological polar surface area (TPSA) is 27.7 Å². The SMILES string of the molecule is C=Cc1cccc(CO[Si]C(C)(OCC)OCC)c1. The van der Waals surface area contributed by atoms with Gasteiger partial charge < -0.3 is 13.9 Å². The Labute approximate surface area is 118 Å². The van der Waals surface area contributed by atoms with Crippen molar-refractivity contribution in [2.24, 2.45) is 0 Å². The van der Waals surface area contributed by atoms with Gasteiger partial charge in [-0.2, -0.15) is 0 Å². The fourth-order valence-electron chi connectivity index (χ4n) is 1.71. The Kier molecular flexibility index (Phi) is 7.01. The predicted molar refractivity (Wildman–Crippen MR) is 78.7 cm³/mol. The van der Waals surface area contributed by atoms with Crippen molar-refractivity contribution < 1.29 is 13.9 Å². The van der Waals surface area contributed by atoms with Crippen LogP contribution in [0, 0.1) is 0 Å². The van der Waals surface area contributed by atoms with E-state index in [1.165, 1.54) is 0 Å². The molecule has 0 aromatic heterocycles. The average Bonchev–Trinajstić information content (AvgIpc) is 2.39. The van der Waals surface area contributed by atoms with E-state index >= 15 is 0 Å². The van der Waals surface area contributed by atoms with E-state index in [-0.39, 0.29) is 9.76 Å². The second-order valence-corrected chi connectivity index (χ2v) is 5.55. The van der Waals surface area contributed by atoms with Crippen molar-refractivity contribution in [1.29, 1.82) is 0 Å². The molecule has 0 N–H and O–H groups in total. The normalized spacial score (nSPS) is 11.5. The molecule has 0 saturated carbocycles. The molecule has 0 saturated heterocycles. The lowest BCUT2D eigenvalue weighted by Gasteiger charge is -2.27. The molecule has 0 spiro atoms. The van der Waals surface area contributed by atoms with Gasteiger partial charge in [0.1, 0.15) is 0 Å². The molecule has 1 aromatic rings. The number of benzene rings is 1. The van der Waals surface area contributed by atoms with Crippen LogP contribution >= 0.6 is 0 Å². The molecular weight excluding hydrogens is 256 g/mol. The summed E-state index contributed by atoms with van der Waals surface area (Å²) in [6, 6.07) is 8.12. The molecule has 2 radical (unpaired) electrons. The van der Waals surface area contributed by atoms with Gasteiger partial charge in [-0.15, -0.1) is 0 Å². The van der Waals surface area contributed by atoms with Crippen LogP contribution < -0.4 is 0 Å². The van der Waals surface area contributed by atoms with Crippen molar-refractivity contribution in [2.45, 2.75) is 32.8 Å². The molecular formula is C15H22O3Si. The van der Waals surface area contributed by atoms with E-state index in [0.29, 0.717) is 19.8 Å². The highest BCUT2D eigenvalue weighted by molar-refractivity contribution is 6.30. The van der Waals surface area contributed by atoms with Crippen LogP contribution in [-0.4, -0.2) is 28.4 Å². The molecule has 1 aromatic carbocycles. The molecule has 0 aliphatic carbocycles. The Morgan fingerprint density at radius 2 is 1.95 bits per heavy atom. The summed E-state index contributed by atoms with van der Waals surface area (Å²) >= 11 is 0. The van der Waals surface area contributed by atoms with Crippen LogP contribution in [0.5, 0.6) is 0 Å². The van der Waals surface area contributed by atoms with Crippen molar-refractivity contribution in [3.05, 3.63) is 42.0 Å². The van der Waals surface area contributed by atoms with Crippen molar-refractivity contribution in [3.63, 3.8) is 0 Å². The summed E-state index contributed by atoms with van der Waals surface area (Å²) in [5.74, 6) is 0. The third-order valence-corrected chi connectivity index (χ3v) is 3.47. The van der Waals surface area contributed by atoms with Gasteiger partial charge in [0.2, 0.25) is 0 Å². The first-order valence-electron chi connectivity index (χ1n) is 6.51. The lowest BCUT2D eigenvalue weighted by molar-refractivity contribution is -0.170. The summed E-state index contributed by atoms with van der Waals surface area (Å²) in [4.78, 5) is 0. The van der Waals surface area contributed by atoms with Gasteiger partial charge in [0.15, 0.2) is 5.41 Å². The zero-order chi connectivity index (χ0) is 14.1. The quantitative estimate of drug-likeness (QED) is 0.513. The standard InChI is InChI=1S/C15H22O3Si/c1-5-13-9-8-10-14(11-13)12-18-19-15(4,16-6-2)17-7-3/h5,8-11H,1,6-7,12H2,2-4H3. The number of hydrogen-bond acceptors (Lipinski definition) is 3. The van der Waals surface area contributed by atoms with Crippen LogP contribution in [0.25, 0.3) is 6.08 Å². The van der Waals surface area contributed by atoms with Gasteiger partial charge in [0, 0.05) is 13.2 Å². The Balaban J connectivity index is 2.48. The van der Waals surface area contributed by atoms with Crippen molar-refractivity contribution in [2.75, 3.05) is 13.2 Å². The van der Waals surface area contributed by atoms with Gasteiger partial charge in [-0.1, -0.05) is 30.9 Å². The van der Waals surface area contributed by atoms with Gasteiger partial charge in [-0.05, 0) is 38.0 Å². The predicted octanol–water partition coefficient (Wildman–Crippen LogP) is 3.21. The van der Waals surface area contributed by atoms with E-state index < -0.39 is 5.41 Å². The van der Waals surface area contributed by atoms with E-state index in [1.54, 1.807) is 0 Å². The zero-order valence-electron chi connectivity index (χ0n) is 11.9. The molecule has 0 atom stereocenters. The summed E-state index contributed by atoms with van der Waals surface area (Å²) in [6.07, 6.45) is 1.83. The largest absolute Gasteiger partial charge is 0.408 e. The fourth-order valence-corrected chi connectivity index (χ4v) is 2.62. The van der Waals surface area contributed by atoms with Crippen molar-refractivity contribution in [3.8, 4) is 0 Å². The summed E-state index contributed by atoms with van der Waals surface area (Å²) in [5.41, 5.74) is 1.58. The van der Waals surface area contributed by atoms with E-state index in [9.17, 15) is 0 Å². The number of rotatable bonds is 9. The van der Waals surface area contributed by atoms with Crippen LogP contribution in [0.4, 0.5) is 0 Å². The summed E-state index contributed by atoms with van der Waals surface area (Å²) in [5, 5.41) is 0. The first-order chi connectivity index (χ1) is 9.13. The van der Waals surface area contributed by atoms with Crippen molar-refractivity contribution >= 4 is 15.8 Å². The van der Waals surface area contributed by atoms with Crippen molar-refractivity contribution in [1.82, 2.24) is 0 Å². The number of ether oxygens (including phenoxy) is 2. The summed E-state index contributed by atoms with van der Waals surface area (Å²) in [6.45, 7) is 11.4. The molecule has 1 rings (SSSR count). The van der Waals surface area contributed by atoms with Gasteiger partial charge >= 0.3 is 9.76 Å². The van der Waals surface area contributed by atoms with Crippen LogP contribution in [0.15, 0.2) is 30.8 Å². The zero-order valence-corrected chi connectivity index (χ0v) is 12.9. The van der Waals surface area contributed by atoms with Gasteiger partial charge in [0.05, 0.1) is 6.61 Å². The monoisotopic (exact) mass is 278 g/mol. The molecule has 0 aliphatic rings. The van der Waals surface area contributed by atoms with Crippen LogP contribution in [0.2, 0.25) is 0 Å². The number of hydrogen-bond donors (Lipinski definition) is 0. The van der Waals surface area contributed by atoms with Crippen LogP contribution in [0.1, 0.15) is 31.9 Å². The third kappa shape index (κ3) is 5.70. The first kappa shape index (κ1) is 16.1. The third-order valence-electron chi connectivity index (χ3n) is 2.52. The highest BCUT2D eigenvalue weighted by atomic mass is 28.2. The minimum Gasteiger partial charge on any atom is -0.408 e. The fraction of sp³-hybridized carbons (Fsp3) is 0.467. The van der Waals surface area contributed by atoms with Crippen LogP contribution in [-0.2, 0) is 20.5 Å². The van der Waals surface area contributed by atoms with E-state index in [2.05, 4.69) is 12.6 Å². The van der Waals surface area contributed by atoms with Gasteiger partial charge in [0.25, 0.3) is 0 Å². The highest BCUT2D eigenvalue weighted by Gasteiger charge is 2.27. The van der Waals surface area contributed by atoms with E-state index in [4.69, 9.17) is 13.9 Å². The molecule has 0 heterocycles. The summed E-state index contributed by atoms with van der Waals surface area (Å²) in [7, 11) is 0.143. The molecule has 3 nitrogen and oxygen atoms in total. The first-order valence-corrected chi connectivity index (χ1v) is 7.42. The smallest absolute Gasteiger partial charge is 0.304 e. The lowest BCUT2D eigenvalue weighted by Crippen LogP contribution is -2.40. The second-order valence-electron chi connectivity index (χ2n) is 4.15. The van der Waals surface area contributed by atoms with Gasteiger partial charge in [-0.3, -0.25) is 0 Å². The molecule has 0 unspecified atom stereocenters. The highest BCUT2D eigenvalue weighted by Crippen LogP contribution is 2.13. The Bertz CT molecular complexity index is 387. The molecule has 0 fully saturated rings. The molecule has 0 bridgehead atoms. The minimum atomic E-state index is -0.639. The van der Waals surface area contributed by atoms with Gasteiger partial charge in [-0.25, -0.2) is 0 Å². The maximum Gasteiger partial charge on any atom is 0.304 e. The molecule has 104 valence electrons. The Morgan fingerprint density at radius 3 is 2.53 bits per heavy atom. The molecule has 0 amide bonds. The molecule has 4 heteroatoms. The maximum absolute atomic E-state index is 5.73. The summed E-state index contributed by atoms with van der Waals surface area (Å²) < 4.78 is 16.9. The minimum absolute atomic E-state index is 0.143. The second kappa shape index (κ2) is 8.27. The lowest BCUT2D eigenvalue weighted by atomic mass is 10.1. The van der Waals surface area contributed by atoms with E-state index in [1.807, 2.05) is 45.0 Å². The molecule has 0 aliphatic heterocycles. The van der Waals surface area contributed by atoms with E-state index in [0.717, 1.165) is 11.1 Å².